The molecule has 116 valence electrons. The molecule has 2 N–H and O–H groups in total. The van der Waals surface area contributed by atoms with E-state index in [1.54, 1.807) is 0 Å². The average Bonchev–Trinajstić information content (AvgIpc) is 3.11. The van der Waals surface area contributed by atoms with E-state index in [1.807, 2.05) is 0 Å². The number of ketones is 1. The molecule has 1 fully saturated rings. The second-order valence-electron chi connectivity index (χ2n) is 5.80. The predicted octanol–water partition coefficient (Wildman–Crippen LogP) is 3.98. The van der Waals surface area contributed by atoms with Gasteiger partial charge in [0.2, 0.25) is 0 Å². The van der Waals surface area contributed by atoms with E-state index >= 15 is 0 Å². The van der Waals surface area contributed by atoms with Gasteiger partial charge in [0.25, 0.3) is 0 Å². The zero-order chi connectivity index (χ0) is 15.6. The molecule has 0 bridgehead atoms. The molecule has 0 radical (unpaired) electrons. The summed E-state index contributed by atoms with van der Waals surface area (Å²) in [6.07, 6.45) is 5.63. The Balaban J connectivity index is 0.000000172. The maximum absolute atomic E-state index is 10.9. The summed E-state index contributed by atoms with van der Waals surface area (Å²) in [6, 6.07) is 21.1. The van der Waals surface area contributed by atoms with Gasteiger partial charge in [0, 0.05) is 5.92 Å². The minimum absolute atomic E-state index is 0.241. The monoisotopic (exact) mass is 295 g/mol. The van der Waals surface area contributed by atoms with Crippen LogP contribution in [0.15, 0.2) is 60.7 Å². The lowest BCUT2D eigenvalue weighted by Crippen LogP contribution is -2.20. The Morgan fingerprint density at radius 2 is 1.32 bits per heavy atom. The molecule has 2 aromatic carbocycles. The van der Waals surface area contributed by atoms with Gasteiger partial charge in [0.15, 0.2) is 0 Å². The number of carbonyl (C=O) groups is 1. The highest BCUT2D eigenvalue weighted by Gasteiger charge is 2.20. The number of rotatable bonds is 4. The molecule has 22 heavy (non-hydrogen) atoms. The normalized spacial score (nSPS) is 14.2. The molecule has 0 aliphatic heterocycles. The lowest BCUT2D eigenvalue weighted by atomic mass is 10.0. The number of nitrogens with two attached hydrogens (primary N) is 1. The van der Waals surface area contributed by atoms with Crippen LogP contribution in [-0.4, -0.2) is 12.3 Å². The van der Waals surface area contributed by atoms with E-state index in [1.165, 1.54) is 24.0 Å². The maximum atomic E-state index is 10.9. The molecule has 0 unspecified atom stereocenters. The smallest absolute Gasteiger partial charge is 0.149 e. The molecule has 0 heterocycles. The van der Waals surface area contributed by atoms with Gasteiger partial charge in [-0.1, -0.05) is 73.5 Å². The average molecular weight is 295 g/mol. The molecule has 3 rings (SSSR count). The van der Waals surface area contributed by atoms with Crippen LogP contribution >= 0.6 is 0 Å². The van der Waals surface area contributed by atoms with E-state index in [-0.39, 0.29) is 12.3 Å². The number of hydrogen-bond donors (Lipinski definition) is 1. The Morgan fingerprint density at radius 1 is 0.864 bits per heavy atom. The quantitative estimate of drug-likeness (QED) is 0.927. The van der Waals surface area contributed by atoms with Gasteiger partial charge in [-0.3, -0.25) is 4.79 Å². The summed E-state index contributed by atoms with van der Waals surface area (Å²) in [7, 11) is 0. The third kappa shape index (κ3) is 5.45. The van der Waals surface area contributed by atoms with E-state index in [9.17, 15) is 4.79 Å². The molecule has 2 aromatic rings. The molecule has 0 aromatic heterocycles. The van der Waals surface area contributed by atoms with Gasteiger partial charge in [-0.2, -0.15) is 0 Å². The van der Waals surface area contributed by atoms with Gasteiger partial charge in [-0.25, -0.2) is 0 Å². The van der Waals surface area contributed by atoms with Crippen LogP contribution in [0.2, 0.25) is 0 Å². The largest absolute Gasteiger partial charge is 0.324 e. The van der Waals surface area contributed by atoms with Gasteiger partial charge in [-0.15, -0.1) is 0 Å². The van der Waals surface area contributed by atoms with E-state index in [2.05, 4.69) is 60.7 Å². The van der Waals surface area contributed by atoms with Crippen molar-refractivity contribution in [3.05, 3.63) is 71.8 Å². The molecule has 1 saturated carbocycles. The van der Waals surface area contributed by atoms with Crippen LogP contribution in [0, 0.1) is 5.92 Å². The lowest BCUT2D eigenvalue weighted by Gasteiger charge is -2.02. The summed E-state index contributed by atoms with van der Waals surface area (Å²) in [5.41, 5.74) is 7.94. The fourth-order valence-electron chi connectivity index (χ4n) is 2.84. The third-order valence-corrected chi connectivity index (χ3v) is 4.11. The number of benzene rings is 2. The van der Waals surface area contributed by atoms with Crippen LogP contribution in [0.3, 0.4) is 0 Å². The van der Waals surface area contributed by atoms with Crippen LogP contribution in [0.4, 0.5) is 0 Å². The Bertz CT molecular complexity index is 507. The Labute approximate surface area is 133 Å². The second-order valence-corrected chi connectivity index (χ2v) is 5.80. The van der Waals surface area contributed by atoms with Crippen molar-refractivity contribution >= 4 is 5.78 Å². The van der Waals surface area contributed by atoms with Crippen LogP contribution in [-0.2, 0) is 11.2 Å². The number of Topliss-reactive ketones (excluding diaryl/α,β-unsaturated/α-hetero) is 1. The van der Waals surface area contributed by atoms with Gasteiger partial charge in [-0.05, 0) is 30.4 Å². The van der Waals surface area contributed by atoms with Crippen molar-refractivity contribution in [2.75, 3.05) is 6.54 Å². The van der Waals surface area contributed by atoms with Crippen molar-refractivity contribution in [2.24, 2.45) is 11.7 Å². The molecule has 1 aliphatic carbocycles. The molecule has 2 heteroatoms. The summed E-state index contributed by atoms with van der Waals surface area (Å²) < 4.78 is 0. The summed E-state index contributed by atoms with van der Waals surface area (Å²) >= 11 is 0. The zero-order valence-electron chi connectivity index (χ0n) is 13.1. The minimum atomic E-state index is 0.241. The first kappa shape index (κ1) is 16.4. The Hall–Kier alpha value is -1.93. The van der Waals surface area contributed by atoms with E-state index in [0.29, 0.717) is 5.92 Å². The summed E-state index contributed by atoms with van der Waals surface area (Å²) in [6.45, 7) is 0.241. The number of hydrogen-bond acceptors (Lipinski definition) is 2. The molecule has 0 atom stereocenters. The molecular formula is C20H25NO. The first-order chi connectivity index (χ1) is 10.8. The van der Waals surface area contributed by atoms with Crippen molar-refractivity contribution < 1.29 is 4.79 Å². The second kappa shape index (κ2) is 9.16. The van der Waals surface area contributed by atoms with Crippen molar-refractivity contribution in [1.29, 1.82) is 0 Å². The van der Waals surface area contributed by atoms with Crippen LogP contribution < -0.4 is 5.73 Å². The third-order valence-electron chi connectivity index (χ3n) is 4.11. The van der Waals surface area contributed by atoms with Crippen molar-refractivity contribution in [3.63, 3.8) is 0 Å². The van der Waals surface area contributed by atoms with E-state index in [0.717, 1.165) is 19.3 Å². The summed E-state index contributed by atoms with van der Waals surface area (Å²) in [5, 5.41) is 0. The van der Waals surface area contributed by atoms with Crippen LogP contribution in [0.1, 0.15) is 36.8 Å². The van der Waals surface area contributed by atoms with Gasteiger partial charge in [0.05, 0.1) is 6.54 Å². The predicted molar refractivity (Wildman–Crippen MR) is 91.7 cm³/mol. The van der Waals surface area contributed by atoms with E-state index < -0.39 is 0 Å². The SMILES string of the molecule is NCC(=O)C1CCCC1.c1ccc(Cc2ccccc2)cc1. The van der Waals surface area contributed by atoms with Crippen LogP contribution in [0.5, 0.6) is 0 Å². The van der Waals surface area contributed by atoms with Gasteiger partial charge in [0.1, 0.15) is 5.78 Å². The lowest BCUT2D eigenvalue weighted by molar-refractivity contribution is -0.121. The summed E-state index contributed by atoms with van der Waals surface area (Å²) in [5.74, 6) is 0.572. The van der Waals surface area contributed by atoms with E-state index in [4.69, 9.17) is 5.73 Å². The van der Waals surface area contributed by atoms with Crippen molar-refractivity contribution in [3.8, 4) is 0 Å². The molecule has 1 aliphatic rings. The molecule has 0 spiro atoms. The zero-order valence-corrected chi connectivity index (χ0v) is 13.1. The molecule has 0 saturated heterocycles. The first-order valence-electron chi connectivity index (χ1n) is 8.10. The van der Waals surface area contributed by atoms with Crippen molar-refractivity contribution in [1.82, 2.24) is 0 Å². The molecule has 0 amide bonds. The van der Waals surface area contributed by atoms with Crippen LogP contribution in [0.25, 0.3) is 0 Å². The fourth-order valence-corrected chi connectivity index (χ4v) is 2.84. The first-order valence-corrected chi connectivity index (χ1v) is 8.10. The maximum Gasteiger partial charge on any atom is 0.149 e. The topological polar surface area (TPSA) is 43.1 Å². The molecule has 2 nitrogen and oxygen atoms in total. The summed E-state index contributed by atoms with van der Waals surface area (Å²) in [4.78, 5) is 10.9. The molecular weight excluding hydrogens is 270 g/mol. The fraction of sp³-hybridized carbons (Fsp3) is 0.350. The highest BCUT2D eigenvalue weighted by Crippen LogP contribution is 2.24. The van der Waals surface area contributed by atoms with Crippen molar-refractivity contribution in [2.45, 2.75) is 32.1 Å². The number of carbonyl (C=O) groups excluding carboxylic acids is 1. The Morgan fingerprint density at radius 3 is 1.73 bits per heavy atom. The minimum Gasteiger partial charge on any atom is -0.324 e. The standard InChI is InChI=1S/C13H12.C7H13NO/c1-3-7-12(8-4-1)11-13-9-5-2-6-10-13;8-5-7(9)6-3-1-2-4-6/h1-10H,11H2;6H,1-5,8H2. The van der Waals surface area contributed by atoms with Gasteiger partial charge >= 0.3 is 0 Å². The Kier molecular flexibility index (Phi) is 6.85. The van der Waals surface area contributed by atoms with Gasteiger partial charge < -0.3 is 5.73 Å². The highest BCUT2D eigenvalue weighted by atomic mass is 16.1. The highest BCUT2D eigenvalue weighted by molar-refractivity contribution is 5.82.